The monoisotopic (exact) mass is 184 g/mol. The van der Waals surface area contributed by atoms with E-state index in [0.717, 1.165) is 5.75 Å². The van der Waals surface area contributed by atoms with Gasteiger partial charge in [0.15, 0.2) is 5.05 Å². The van der Waals surface area contributed by atoms with E-state index in [-0.39, 0.29) is 5.05 Å². The predicted octanol–water partition coefficient (Wildman–Crippen LogP) is 2.59. The Morgan fingerprint density at radius 3 is 2.00 bits per heavy atom. The third kappa shape index (κ3) is 7.02. The number of methoxy groups -OCH3 is 1. The number of hydrogen-bond acceptors (Lipinski definition) is 2. The molecule has 1 aromatic rings. The molecule has 0 aliphatic carbocycles. The highest BCUT2D eigenvalue weighted by atomic mass is 32.1. The van der Waals surface area contributed by atoms with Crippen molar-refractivity contribution in [2.24, 2.45) is 0 Å². The first-order chi connectivity index (χ1) is 5.66. The minimum atomic E-state index is 0.000000000000000222. The van der Waals surface area contributed by atoms with Gasteiger partial charge in [-0.25, -0.2) is 0 Å². The molecule has 0 radical (unpaired) electrons. The third-order valence-electron chi connectivity index (χ3n) is 0.979. The van der Waals surface area contributed by atoms with Gasteiger partial charge in [0, 0.05) is 6.92 Å². The van der Waals surface area contributed by atoms with Crippen molar-refractivity contribution in [1.82, 2.24) is 0 Å². The number of ether oxygens (including phenoxy) is 1. The van der Waals surface area contributed by atoms with E-state index in [1.807, 2.05) is 30.3 Å². The Morgan fingerprint density at radius 1 is 1.33 bits per heavy atom. The molecule has 2 nitrogen and oxygen atoms in total. The van der Waals surface area contributed by atoms with Crippen LogP contribution in [0.4, 0.5) is 0 Å². The highest BCUT2D eigenvalue weighted by molar-refractivity contribution is 7.79. The van der Waals surface area contributed by atoms with Crippen LogP contribution in [0.15, 0.2) is 30.3 Å². The van der Waals surface area contributed by atoms with Gasteiger partial charge in [-0.2, -0.15) is 0 Å². The Balaban J connectivity index is 0.000000261. The first kappa shape index (κ1) is 10.9. The second kappa shape index (κ2) is 6.61. The second-order valence-corrected chi connectivity index (χ2v) is 2.63. The Hall–Kier alpha value is -1.09. The van der Waals surface area contributed by atoms with E-state index in [1.54, 1.807) is 7.11 Å². The Labute approximate surface area is 77.8 Å². The lowest BCUT2D eigenvalue weighted by atomic mass is 10.3. The van der Waals surface area contributed by atoms with E-state index in [9.17, 15) is 0 Å². The Bertz CT molecular complexity index is 217. The van der Waals surface area contributed by atoms with Gasteiger partial charge in [0.05, 0.1) is 7.11 Å². The number of para-hydroxylation sites is 1. The summed E-state index contributed by atoms with van der Waals surface area (Å²) in [6, 6.07) is 9.68. The van der Waals surface area contributed by atoms with E-state index in [2.05, 4.69) is 12.2 Å². The summed E-state index contributed by atoms with van der Waals surface area (Å²) in [5.41, 5.74) is 0. The number of thiocarbonyl (C=S) groups is 1. The lowest BCUT2D eigenvalue weighted by Crippen LogP contribution is -1.78. The molecule has 0 fully saturated rings. The van der Waals surface area contributed by atoms with Gasteiger partial charge in [0.1, 0.15) is 5.75 Å². The molecule has 66 valence electrons. The molecular weight excluding hydrogens is 172 g/mol. The zero-order valence-electron chi connectivity index (χ0n) is 7.15. The van der Waals surface area contributed by atoms with Crippen molar-refractivity contribution in [1.29, 1.82) is 0 Å². The predicted molar refractivity (Wildman–Crippen MR) is 53.9 cm³/mol. The molecule has 0 saturated heterocycles. The summed E-state index contributed by atoms with van der Waals surface area (Å²) in [6.07, 6.45) is 0. The van der Waals surface area contributed by atoms with Gasteiger partial charge in [0.25, 0.3) is 0 Å². The molecule has 3 heteroatoms. The van der Waals surface area contributed by atoms with E-state index >= 15 is 0 Å². The van der Waals surface area contributed by atoms with Crippen molar-refractivity contribution in [2.45, 2.75) is 6.92 Å². The Morgan fingerprint density at radius 2 is 1.75 bits per heavy atom. The number of benzene rings is 1. The Kier molecular flexibility index (Phi) is 6.01. The van der Waals surface area contributed by atoms with E-state index in [0.29, 0.717) is 0 Å². The molecular formula is C9H12O2S. The molecule has 1 rings (SSSR count). The van der Waals surface area contributed by atoms with Crippen molar-refractivity contribution in [3.05, 3.63) is 30.3 Å². The molecule has 0 spiro atoms. The standard InChI is InChI=1S/C7H8O.C2H4OS/c1-8-7-5-3-2-4-6-7;1-2(3)4/h2-6H,1H3;1H3,(H,3,4). The molecule has 0 atom stereocenters. The largest absolute Gasteiger partial charge is 0.502 e. The fourth-order valence-corrected chi connectivity index (χ4v) is 0.557. The van der Waals surface area contributed by atoms with Crippen LogP contribution in [0.2, 0.25) is 0 Å². The van der Waals surface area contributed by atoms with Gasteiger partial charge in [0.2, 0.25) is 0 Å². The van der Waals surface area contributed by atoms with E-state index < -0.39 is 0 Å². The minimum Gasteiger partial charge on any atom is -0.502 e. The molecule has 1 aromatic carbocycles. The van der Waals surface area contributed by atoms with Gasteiger partial charge >= 0.3 is 0 Å². The number of hydrogen-bond donors (Lipinski definition) is 1. The number of aliphatic hydroxyl groups is 1. The molecule has 0 aliphatic rings. The summed E-state index contributed by atoms with van der Waals surface area (Å²) >= 11 is 4.09. The van der Waals surface area contributed by atoms with Gasteiger partial charge in [-0.05, 0) is 24.4 Å². The van der Waals surface area contributed by atoms with Crippen molar-refractivity contribution in [3.63, 3.8) is 0 Å². The van der Waals surface area contributed by atoms with Crippen LogP contribution in [0, 0.1) is 0 Å². The van der Waals surface area contributed by atoms with Crippen LogP contribution in [-0.4, -0.2) is 17.3 Å². The van der Waals surface area contributed by atoms with Crippen LogP contribution in [0.25, 0.3) is 0 Å². The highest BCUT2D eigenvalue weighted by Gasteiger charge is 1.80. The molecule has 0 aromatic heterocycles. The van der Waals surface area contributed by atoms with Crippen molar-refractivity contribution in [3.8, 4) is 5.75 Å². The summed E-state index contributed by atoms with van der Waals surface area (Å²) in [5, 5.41) is 7.79. The average Bonchev–Trinajstić information content (AvgIpc) is 2.05. The molecule has 12 heavy (non-hydrogen) atoms. The maximum Gasteiger partial charge on any atom is 0.153 e. The number of aliphatic hydroxyl groups excluding tert-OH is 1. The topological polar surface area (TPSA) is 29.5 Å². The molecule has 0 unspecified atom stereocenters. The second-order valence-electron chi connectivity index (χ2n) is 2.04. The van der Waals surface area contributed by atoms with Gasteiger partial charge < -0.3 is 9.84 Å². The maximum absolute atomic E-state index is 7.79. The van der Waals surface area contributed by atoms with Crippen LogP contribution in [0.5, 0.6) is 5.75 Å². The molecule has 0 amide bonds. The van der Waals surface area contributed by atoms with Gasteiger partial charge in [-0.15, -0.1) is 0 Å². The van der Waals surface area contributed by atoms with E-state index in [4.69, 9.17) is 9.84 Å². The molecule has 0 aliphatic heterocycles. The van der Waals surface area contributed by atoms with E-state index in [1.165, 1.54) is 6.92 Å². The lowest BCUT2D eigenvalue weighted by molar-refractivity contribution is 0.415. The zero-order chi connectivity index (χ0) is 9.40. The van der Waals surface area contributed by atoms with Crippen LogP contribution < -0.4 is 4.74 Å². The van der Waals surface area contributed by atoms with Crippen LogP contribution in [0.3, 0.4) is 0 Å². The summed E-state index contributed by atoms with van der Waals surface area (Å²) in [7, 11) is 1.66. The summed E-state index contributed by atoms with van der Waals surface area (Å²) in [4.78, 5) is 0. The first-order valence-corrected chi connectivity index (χ1v) is 3.86. The summed E-state index contributed by atoms with van der Waals surface area (Å²) in [5.74, 6) is 0.910. The molecule has 1 N–H and O–H groups in total. The SMILES string of the molecule is CC(O)=S.COc1ccccc1. The zero-order valence-corrected chi connectivity index (χ0v) is 7.97. The molecule has 0 heterocycles. The fourth-order valence-electron chi connectivity index (χ4n) is 0.557. The fraction of sp³-hybridized carbons (Fsp3) is 0.222. The molecule has 0 saturated carbocycles. The maximum atomic E-state index is 7.79. The highest BCUT2D eigenvalue weighted by Crippen LogP contribution is 2.05. The number of rotatable bonds is 1. The minimum absolute atomic E-state index is 0.000000000000000222. The van der Waals surface area contributed by atoms with Crippen LogP contribution in [0.1, 0.15) is 6.92 Å². The van der Waals surface area contributed by atoms with Crippen molar-refractivity contribution >= 4 is 17.3 Å². The van der Waals surface area contributed by atoms with Gasteiger partial charge in [-0.3, -0.25) is 0 Å². The third-order valence-corrected chi connectivity index (χ3v) is 0.979. The molecule has 0 bridgehead atoms. The van der Waals surface area contributed by atoms with Gasteiger partial charge in [-0.1, -0.05) is 18.2 Å². The van der Waals surface area contributed by atoms with Crippen LogP contribution >= 0.6 is 12.2 Å². The summed E-state index contributed by atoms with van der Waals surface area (Å²) in [6.45, 7) is 1.45. The van der Waals surface area contributed by atoms with Crippen LogP contribution in [-0.2, 0) is 0 Å². The first-order valence-electron chi connectivity index (χ1n) is 3.45. The smallest absolute Gasteiger partial charge is 0.153 e. The van der Waals surface area contributed by atoms with Crippen molar-refractivity contribution in [2.75, 3.05) is 7.11 Å². The normalized spacial score (nSPS) is 7.83. The quantitative estimate of drug-likeness (QED) is 0.680. The van der Waals surface area contributed by atoms with Crippen molar-refractivity contribution < 1.29 is 9.84 Å². The lowest BCUT2D eigenvalue weighted by Gasteiger charge is -1.93. The summed E-state index contributed by atoms with van der Waals surface area (Å²) < 4.78 is 4.91. The average molecular weight is 184 g/mol.